The highest BCUT2D eigenvalue weighted by molar-refractivity contribution is 6.33. The molecule has 2 rings (SSSR count). The van der Waals surface area contributed by atoms with E-state index in [0.29, 0.717) is 5.69 Å². The predicted molar refractivity (Wildman–Crippen MR) is 63.3 cm³/mol. The molecule has 0 amide bonds. The number of nitrogens with zero attached hydrogens (tertiary/aromatic N) is 1. The molecule has 88 valence electrons. The maximum atomic E-state index is 13.3. The van der Waals surface area contributed by atoms with Crippen molar-refractivity contribution < 1.29 is 8.78 Å². The van der Waals surface area contributed by atoms with Crippen LogP contribution in [-0.4, -0.2) is 4.98 Å². The molecule has 1 aromatic carbocycles. The summed E-state index contributed by atoms with van der Waals surface area (Å²) in [5.41, 5.74) is 5.53. The zero-order valence-electron chi connectivity index (χ0n) is 8.55. The smallest absolute Gasteiger partial charge is 0.149 e. The van der Waals surface area contributed by atoms with Gasteiger partial charge < -0.3 is 11.1 Å². The summed E-state index contributed by atoms with van der Waals surface area (Å²) in [7, 11) is 0. The van der Waals surface area contributed by atoms with Crippen molar-refractivity contribution in [2.24, 2.45) is 0 Å². The second-order valence-electron chi connectivity index (χ2n) is 3.32. The van der Waals surface area contributed by atoms with Gasteiger partial charge in [0.25, 0.3) is 0 Å². The average Bonchev–Trinajstić information content (AvgIpc) is 2.26. The lowest BCUT2D eigenvalue weighted by molar-refractivity contribution is 0.590. The fourth-order valence-corrected chi connectivity index (χ4v) is 1.50. The van der Waals surface area contributed by atoms with Gasteiger partial charge in [-0.3, -0.25) is 0 Å². The number of nitrogens with one attached hydrogen (secondary N) is 1. The third-order valence-electron chi connectivity index (χ3n) is 2.07. The first-order valence-electron chi connectivity index (χ1n) is 4.70. The third kappa shape index (κ3) is 2.45. The van der Waals surface area contributed by atoms with E-state index in [1.54, 1.807) is 0 Å². The molecule has 1 heterocycles. The maximum absolute atomic E-state index is 13.3. The molecule has 1 aromatic heterocycles. The minimum atomic E-state index is -0.723. The van der Waals surface area contributed by atoms with Crippen molar-refractivity contribution >= 4 is 28.8 Å². The Morgan fingerprint density at radius 2 is 1.88 bits per heavy atom. The Morgan fingerprint density at radius 3 is 2.47 bits per heavy atom. The number of halogens is 3. The fourth-order valence-electron chi connectivity index (χ4n) is 1.28. The van der Waals surface area contributed by atoms with Crippen molar-refractivity contribution in [1.82, 2.24) is 4.98 Å². The van der Waals surface area contributed by atoms with E-state index >= 15 is 0 Å². The second kappa shape index (κ2) is 4.55. The van der Waals surface area contributed by atoms with E-state index in [9.17, 15) is 8.78 Å². The van der Waals surface area contributed by atoms with Crippen LogP contribution in [0.4, 0.5) is 26.0 Å². The number of nitrogens with two attached hydrogens (primary N) is 1. The normalized spacial score (nSPS) is 10.3. The Hall–Kier alpha value is -1.88. The molecule has 0 unspecified atom stereocenters. The van der Waals surface area contributed by atoms with Crippen molar-refractivity contribution in [1.29, 1.82) is 0 Å². The molecule has 0 bridgehead atoms. The van der Waals surface area contributed by atoms with Crippen LogP contribution in [0.25, 0.3) is 0 Å². The van der Waals surface area contributed by atoms with Crippen LogP contribution in [0.3, 0.4) is 0 Å². The molecule has 0 aliphatic heterocycles. The number of anilines is 3. The minimum Gasteiger partial charge on any atom is -0.397 e. The van der Waals surface area contributed by atoms with Gasteiger partial charge in [-0.1, -0.05) is 17.7 Å². The van der Waals surface area contributed by atoms with Crippen LogP contribution in [0.1, 0.15) is 0 Å². The maximum Gasteiger partial charge on any atom is 0.149 e. The molecule has 0 aliphatic carbocycles. The number of aromatic nitrogens is 1. The van der Waals surface area contributed by atoms with E-state index in [2.05, 4.69) is 10.3 Å². The van der Waals surface area contributed by atoms with Crippen LogP contribution >= 0.6 is 11.6 Å². The summed E-state index contributed by atoms with van der Waals surface area (Å²) in [6, 6.07) is 4.98. The quantitative estimate of drug-likeness (QED) is 0.865. The van der Waals surface area contributed by atoms with Crippen LogP contribution in [-0.2, 0) is 0 Å². The van der Waals surface area contributed by atoms with Crippen LogP contribution in [0, 0.1) is 11.6 Å². The van der Waals surface area contributed by atoms with Crippen molar-refractivity contribution in [2.45, 2.75) is 0 Å². The zero-order valence-corrected chi connectivity index (χ0v) is 9.30. The van der Waals surface area contributed by atoms with Gasteiger partial charge in [0, 0.05) is 0 Å². The van der Waals surface area contributed by atoms with E-state index in [0.717, 1.165) is 12.1 Å². The summed E-state index contributed by atoms with van der Waals surface area (Å²) in [5, 5.41) is 2.68. The summed E-state index contributed by atoms with van der Waals surface area (Å²) in [6.07, 6.45) is 1.34. The molecule has 0 fully saturated rings. The number of nitrogen functional groups attached to an aromatic ring is 1. The van der Waals surface area contributed by atoms with E-state index in [4.69, 9.17) is 17.3 Å². The van der Waals surface area contributed by atoms with Gasteiger partial charge in [-0.15, -0.1) is 0 Å². The molecule has 0 spiro atoms. The minimum absolute atomic E-state index is 0.143. The summed E-state index contributed by atoms with van der Waals surface area (Å²) >= 11 is 5.83. The van der Waals surface area contributed by atoms with Gasteiger partial charge in [-0.25, -0.2) is 13.8 Å². The number of hydrogen-bond acceptors (Lipinski definition) is 3. The third-order valence-corrected chi connectivity index (χ3v) is 2.36. The number of para-hydroxylation sites is 1. The average molecular weight is 256 g/mol. The summed E-state index contributed by atoms with van der Waals surface area (Å²) in [4.78, 5) is 3.85. The largest absolute Gasteiger partial charge is 0.397 e. The lowest BCUT2D eigenvalue weighted by Gasteiger charge is -2.09. The van der Waals surface area contributed by atoms with Crippen molar-refractivity contribution in [2.75, 3.05) is 11.1 Å². The van der Waals surface area contributed by atoms with E-state index in [1.165, 1.54) is 18.3 Å². The first-order valence-corrected chi connectivity index (χ1v) is 5.08. The molecule has 2 aromatic rings. The van der Waals surface area contributed by atoms with Crippen molar-refractivity contribution in [3.05, 3.63) is 47.1 Å². The SMILES string of the molecule is Nc1cnc(Nc2c(F)cccc2F)c(Cl)c1. The molecule has 0 saturated heterocycles. The molecular formula is C11H8ClF2N3. The van der Waals surface area contributed by atoms with Crippen LogP contribution in [0.2, 0.25) is 5.02 Å². The lowest BCUT2D eigenvalue weighted by atomic mass is 10.3. The highest BCUT2D eigenvalue weighted by atomic mass is 35.5. The summed E-state index contributed by atoms with van der Waals surface area (Å²) in [6.45, 7) is 0. The molecule has 0 saturated carbocycles. The standard InChI is InChI=1S/C11H8ClF2N3/c12-7-4-6(15)5-16-11(7)17-10-8(13)2-1-3-9(10)14/h1-5H,15H2,(H,16,17). The Labute approximate surface area is 101 Å². The van der Waals surface area contributed by atoms with E-state index in [1.807, 2.05) is 0 Å². The number of benzene rings is 1. The van der Waals surface area contributed by atoms with Gasteiger partial charge in [0.05, 0.1) is 16.9 Å². The summed E-state index contributed by atoms with van der Waals surface area (Å²) < 4.78 is 26.7. The van der Waals surface area contributed by atoms with Crippen molar-refractivity contribution in [3.63, 3.8) is 0 Å². The predicted octanol–water partition coefficient (Wildman–Crippen LogP) is 3.34. The van der Waals surface area contributed by atoms with Gasteiger partial charge in [0.2, 0.25) is 0 Å². The van der Waals surface area contributed by atoms with Gasteiger partial charge >= 0.3 is 0 Å². The molecule has 0 aliphatic rings. The second-order valence-corrected chi connectivity index (χ2v) is 3.73. The molecular weight excluding hydrogens is 248 g/mol. The summed E-state index contributed by atoms with van der Waals surface area (Å²) in [5.74, 6) is -1.30. The van der Waals surface area contributed by atoms with Crippen molar-refractivity contribution in [3.8, 4) is 0 Å². The van der Waals surface area contributed by atoms with E-state index < -0.39 is 11.6 Å². The lowest BCUT2D eigenvalue weighted by Crippen LogP contribution is -2.00. The molecule has 3 N–H and O–H groups in total. The number of rotatable bonds is 2. The van der Waals surface area contributed by atoms with Crippen LogP contribution in [0.15, 0.2) is 30.5 Å². The van der Waals surface area contributed by atoms with Crippen LogP contribution in [0.5, 0.6) is 0 Å². The Morgan fingerprint density at radius 1 is 1.24 bits per heavy atom. The van der Waals surface area contributed by atoms with Gasteiger partial charge in [-0.05, 0) is 18.2 Å². The van der Waals surface area contributed by atoms with E-state index in [-0.39, 0.29) is 16.5 Å². The monoisotopic (exact) mass is 255 g/mol. The van der Waals surface area contributed by atoms with Crippen LogP contribution < -0.4 is 11.1 Å². The Kier molecular flexibility index (Phi) is 3.10. The molecule has 3 nitrogen and oxygen atoms in total. The number of pyridine rings is 1. The highest BCUT2D eigenvalue weighted by Gasteiger charge is 2.11. The Balaban J connectivity index is 2.38. The number of hydrogen-bond donors (Lipinski definition) is 2. The molecule has 6 heteroatoms. The topological polar surface area (TPSA) is 50.9 Å². The van der Waals surface area contributed by atoms with Gasteiger partial charge in [0.15, 0.2) is 0 Å². The fraction of sp³-hybridized carbons (Fsp3) is 0. The zero-order chi connectivity index (χ0) is 12.4. The molecule has 17 heavy (non-hydrogen) atoms. The Bertz CT molecular complexity index is 540. The van der Waals surface area contributed by atoms with Gasteiger partial charge in [-0.2, -0.15) is 0 Å². The molecule has 0 radical (unpaired) electrons. The van der Waals surface area contributed by atoms with Gasteiger partial charge in [0.1, 0.15) is 23.1 Å². The highest BCUT2D eigenvalue weighted by Crippen LogP contribution is 2.27. The first kappa shape index (κ1) is 11.6. The molecule has 0 atom stereocenters. The first-order chi connectivity index (χ1) is 8.08.